The number of carbonyl (C=O) groups is 1. The molecule has 0 saturated heterocycles. The van der Waals surface area contributed by atoms with Gasteiger partial charge in [-0.15, -0.1) is 0 Å². The molecule has 24 heavy (non-hydrogen) atoms. The van der Waals surface area contributed by atoms with E-state index in [-0.39, 0.29) is 23.3 Å². The number of hydrogen-bond acceptors (Lipinski definition) is 4. The Morgan fingerprint density at radius 2 is 1.83 bits per heavy atom. The Bertz CT molecular complexity index is 823. The molecule has 5 heteroatoms. The quantitative estimate of drug-likeness (QED) is 0.631. The summed E-state index contributed by atoms with van der Waals surface area (Å²) in [6, 6.07) is 13.3. The number of aliphatic imine (C=N–C) groups is 1. The standard InChI is InChI=1S/C19H16FNO3/c1-12(2)23-14-9-7-13(8-10-14)11-17-19(22)24-18(21-17)15-5-3-4-6-16(15)20/h3-12H,1-2H3/b17-11+. The van der Waals surface area contributed by atoms with E-state index in [9.17, 15) is 9.18 Å². The van der Waals surface area contributed by atoms with Crippen molar-refractivity contribution in [2.45, 2.75) is 20.0 Å². The maximum atomic E-state index is 13.8. The Hall–Kier alpha value is -2.95. The maximum absolute atomic E-state index is 13.8. The third-order valence-electron chi connectivity index (χ3n) is 3.28. The Kier molecular flexibility index (Phi) is 4.42. The van der Waals surface area contributed by atoms with Crippen molar-refractivity contribution in [1.29, 1.82) is 0 Å². The smallest absolute Gasteiger partial charge is 0.363 e. The van der Waals surface area contributed by atoms with Crippen molar-refractivity contribution in [1.82, 2.24) is 0 Å². The van der Waals surface area contributed by atoms with Crippen LogP contribution in [0.5, 0.6) is 5.75 Å². The SMILES string of the molecule is CC(C)Oc1ccc(/C=C2/N=C(c3ccccc3F)OC2=O)cc1. The predicted octanol–water partition coefficient (Wildman–Crippen LogP) is 3.96. The van der Waals surface area contributed by atoms with Gasteiger partial charge in [-0.3, -0.25) is 0 Å². The van der Waals surface area contributed by atoms with E-state index < -0.39 is 11.8 Å². The zero-order valence-corrected chi connectivity index (χ0v) is 13.3. The molecule has 3 rings (SSSR count). The van der Waals surface area contributed by atoms with Crippen LogP contribution in [0.3, 0.4) is 0 Å². The molecule has 0 spiro atoms. The van der Waals surface area contributed by atoms with Crippen molar-refractivity contribution >= 4 is 17.9 Å². The van der Waals surface area contributed by atoms with Gasteiger partial charge in [0, 0.05) is 0 Å². The first-order chi connectivity index (χ1) is 11.5. The second kappa shape index (κ2) is 6.66. The summed E-state index contributed by atoms with van der Waals surface area (Å²) in [7, 11) is 0. The summed E-state index contributed by atoms with van der Waals surface area (Å²) in [5, 5.41) is 0. The van der Waals surface area contributed by atoms with Gasteiger partial charge in [0.25, 0.3) is 0 Å². The molecular formula is C19H16FNO3. The van der Waals surface area contributed by atoms with E-state index in [1.165, 1.54) is 12.1 Å². The first-order valence-electron chi connectivity index (χ1n) is 7.57. The van der Waals surface area contributed by atoms with E-state index in [2.05, 4.69) is 4.99 Å². The lowest BCUT2D eigenvalue weighted by atomic mass is 10.2. The van der Waals surface area contributed by atoms with Crippen molar-refractivity contribution in [3.63, 3.8) is 0 Å². The van der Waals surface area contributed by atoms with Gasteiger partial charge in [-0.1, -0.05) is 24.3 Å². The number of carbonyl (C=O) groups excluding carboxylic acids is 1. The molecule has 1 heterocycles. The molecule has 2 aromatic carbocycles. The van der Waals surface area contributed by atoms with Gasteiger partial charge in [-0.25, -0.2) is 14.2 Å². The Balaban J connectivity index is 1.85. The molecule has 1 aliphatic heterocycles. The number of esters is 1. The third kappa shape index (κ3) is 3.51. The fourth-order valence-electron chi connectivity index (χ4n) is 2.23. The average molecular weight is 325 g/mol. The molecule has 122 valence electrons. The monoisotopic (exact) mass is 325 g/mol. The van der Waals surface area contributed by atoms with Crippen molar-refractivity contribution in [2.75, 3.05) is 0 Å². The number of cyclic esters (lactones) is 1. The Morgan fingerprint density at radius 3 is 2.50 bits per heavy atom. The number of hydrogen-bond donors (Lipinski definition) is 0. The number of nitrogens with zero attached hydrogens (tertiary/aromatic N) is 1. The van der Waals surface area contributed by atoms with Crippen LogP contribution in [0, 0.1) is 5.82 Å². The molecule has 0 amide bonds. The van der Waals surface area contributed by atoms with Gasteiger partial charge in [-0.2, -0.15) is 0 Å². The minimum atomic E-state index is -0.601. The first kappa shape index (κ1) is 15.9. The summed E-state index contributed by atoms with van der Waals surface area (Å²) >= 11 is 0. The molecule has 2 aromatic rings. The van der Waals surface area contributed by atoms with Gasteiger partial charge < -0.3 is 9.47 Å². The normalized spacial score (nSPS) is 15.6. The van der Waals surface area contributed by atoms with Crippen LogP contribution in [0.4, 0.5) is 4.39 Å². The Labute approximate surface area is 139 Å². The largest absolute Gasteiger partial charge is 0.491 e. The summed E-state index contributed by atoms with van der Waals surface area (Å²) in [6.45, 7) is 3.90. The lowest BCUT2D eigenvalue weighted by Gasteiger charge is -2.09. The minimum Gasteiger partial charge on any atom is -0.491 e. The van der Waals surface area contributed by atoms with Crippen LogP contribution >= 0.6 is 0 Å². The van der Waals surface area contributed by atoms with Gasteiger partial charge in [0.05, 0.1) is 11.7 Å². The lowest BCUT2D eigenvalue weighted by Crippen LogP contribution is -2.07. The molecule has 0 aliphatic carbocycles. The van der Waals surface area contributed by atoms with Gasteiger partial charge in [-0.05, 0) is 49.8 Å². The summed E-state index contributed by atoms with van der Waals surface area (Å²) in [5.41, 5.74) is 1.07. The number of halogens is 1. The zero-order chi connectivity index (χ0) is 17.1. The van der Waals surface area contributed by atoms with Crippen LogP contribution in [-0.2, 0) is 9.53 Å². The molecule has 0 saturated carbocycles. The highest BCUT2D eigenvalue weighted by molar-refractivity contribution is 6.12. The summed E-state index contributed by atoms with van der Waals surface area (Å²) < 4.78 is 24.4. The molecular weight excluding hydrogens is 309 g/mol. The fraction of sp³-hybridized carbons (Fsp3) is 0.158. The summed E-state index contributed by atoms with van der Waals surface area (Å²) in [5.74, 6) is -0.364. The molecule has 0 unspecified atom stereocenters. The maximum Gasteiger partial charge on any atom is 0.363 e. The van der Waals surface area contributed by atoms with E-state index in [1.54, 1.807) is 18.2 Å². The second-order valence-electron chi connectivity index (χ2n) is 5.55. The van der Waals surface area contributed by atoms with Crippen LogP contribution in [0.25, 0.3) is 6.08 Å². The van der Waals surface area contributed by atoms with Crippen LogP contribution in [0.2, 0.25) is 0 Å². The van der Waals surface area contributed by atoms with E-state index in [0.717, 1.165) is 11.3 Å². The molecule has 0 bridgehead atoms. The van der Waals surface area contributed by atoms with Gasteiger partial charge >= 0.3 is 5.97 Å². The van der Waals surface area contributed by atoms with Crippen molar-refractivity contribution in [2.24, 2.45) is 4.99 Å². The topological polar surface area (TPSA) is 47.9 Å². The van der Waals surface area contributed by atoms with E-state index in [1.807, 2.05) is 38.1 Å². The second-order valence-corrected chi connectivity index (χ2v) is 5.55. The average Bonchev–Trinajstić information content (AvgIpc) is 2.90. The molecule has 0 fully saturated rings. The van der Waals surface area contributed by atoms with Crippen LogP contribution in [-0.4, -0.2) is 18.0 Å². The first-order valence-corrected chi connectivity index (χ1v) is 7.57. The highest BCUT2D eigenvalue weighted by Crippen LogP contribution is 2.22. The summed E-state index contributed by atoms with van der Waals surface area (Å²) in [6.07, 6.45) is 1.68. The van der Waals surface area contributed by atoms with Crippen molar-refractivity contribution in [3.8, 4) is 5.75 Å². The third-order valence-corrected chi connectivity index (χ3v) is 3.28. The van der Waals surface area contributed by atoms with Crippen LogP contribution in [0.1, 0.15) is 25.0 Å². The molecule has 0 aromatic heterocycles. The van der Waals surface area contributed by atoms with Crippen molar-refractivity contribution < 1.29 is 18.7 Å². The molecule has 1 aliphatic rings. The van der Waals surface area contributed by atoms with Crippen molar-refractivity contribution in [3.05, 3.63) is 71.2 Å². The molecule has 0 radical (unpaired) electrons. The number of ether oxygens (including phenoxy) is 2. The minimum absolute atomic E-state index is 0.0240. The summed E-state index contributed by atoms with van der Waals surface area (Å²) in [4.78, 5) is 16.0. The number of rotatable bonds is 4. The molecule has 4 nitrogen and oxygen atoms in total. The van der Waals surface area contributed by atoms with Crippen LogP contribution in [0.15, 0.2) is 59.2 Å². The molecule has 0 atom stereocenters. The van der Waals surface area contributed by atoms with Gasteiger partial charge in [0.1, 0.15) is 11.6 Å². The van der Waals surface area contributed by atoms with E-state index >= 15 is 0 Å². The van der Waals surface area contributed by atoms with Gasteiger partial charge in [0.2, 0.25) is 5.90 Å². The zero-order valence-electron chi connectivity index (χ0n) is 13.3. The highest BCUT2D eigenvalue weighted by Gasteiger charge is 2.25. The predicted molar refractivity (Wildman–Crippen MR) is 89.2 cm³/mol. The fourth-order valence-corrected chi connectivity index (χ4v) is 2.23. The number of benzene rings is 2. The van der Waals surface area contributed by atoms with E-state index in [4.69, 9.17) is 9.47 Å². The lowest BCUT2D eigenvalue weighted by molar-refractivity contribution is -0.129. The van der Waals surface area contributed by atoms with Gasteiger partial charge in [0.15, 0.2) is 5.70 Å². The van der Waals surface area contributed by atoms with Crippen LogP contribution < -0.4 is 4.74 Å². The molecule has 0 N–H and O–H groups in total. The highest BCUT2D eigenvalue weighted by atomic mass is 19.1. The van der Waals surface area contributed by atoms with E-state index in [0.29, 0.717) is 0 Å². The Morgan fingerprint density at radius 1 is 1.12 bits per heavy atom.